The van der Waals surface area contributed by atoms with E-state index in [-0.39, 0.29) is 17.5 Å². The summed E-state index contributed by atoms with van der Waals surface area (Å²) >= 11 is 0. The van der Waals surface area contributed by atoms with Gasteiger partial charge in [-0.1, -0.05) is 0 Å². The Labute approximate surface area is 108 Å². The minimum absolute atomic E-state index is 0.0102. The smallest absolute Gasteiger partial charge is 0.392 e. The molecule has 1 amide bonds. The van der Waals surface area contributed by atoms with Crippen LogP contribution in [0.5, 0.6) is 0 Å². The Hall–Kier alpha value is -2.56. The van der Waals surface area contributed by atoms with E-state index < -0.39 is 11.9 Å². The molecule has 0 atom stereocenters. The second-order valence-electron chi connectivity index (χ2n) is 4.08. The van der Waals surface area contributed by atoms with Crippen molar-refractivity contribution in [3.63, 3.8) is 0 Å². The zero-order valence-electron chi connectivity index (χ0n) is 10.3. The SMILES string of the molecule is CC(=O)N1CCN(c2oc(C(=O)O)nc2C#N)CC1. The molecule has 1 aromatic heterocycles. The van der Waals surface area contributed by atoms with E-state index in [2.05, 4.69) is 4.98 Å². The quantitative estimate of drug-likeness (QED) is 0.794. The number of carbonyl (C=O) groups excluding carboxylic acids is 1. The van der Waals surface area contributed by atoms with Gasteiger partial charge in [0, 0.05) is 33.1 Å². The van der Waals surface area contributed by atoms with Crippen molar-refractivity contribution in [2.75, 3.05) is 31.1 Å². The number of oxazole rings is 1. The van der Waals surface area contributed by atoms with Crippen LogP contribution in [0.1, 0.15) is 23.3 Å². The lowest BCUT2D eigenvalue weighted by molar-refractivity contribution is -0.129. The van der Waals surface area contributed by atoms with E-state index in [1.165, 1.54) is 6.92 Å². The Kier molecular flexibility index (Phi) is 3.37. The number of hydrogen-bond donors (Lipinski definition) is 1. The van der Waals surface area contributed by atoms with Crippen molar-refractivity contribution in [1.82, 2.24) is 9.88 Å². The molecule has 0 spiro atoms. The van der Waals surface area contributed by atoms with Gasteiger partial charge in [0.25, 0.3) is 0 Å². The first-order valence-corrected chi connectivity index (χ1v) is 5.67. The monoisotopic (exact) mass is 264 g/mol. The van der Waals surface area contributed by atoms with Gasteiger partial charge in [-0.2, -0.15) is 10.2 Å². The van der Waals surface area contributed by atoms with E-state index in [0.717, 1.165) is 0 Å². The second kappa shape index (κ2) is 4.97. The molecule has 19 heavy (non-hydrogen) atoms. The number of nitrogens with zero attached hydrogens (tertiary/aromatic N) is 4. The molecule has 0 aliphatic carbocycles. The molecular weight excluding hydrogens is 252 g/mol. The third-order valence-electron chi connectivity index (χ3n) is 2.91. The molecular formula is C11H12N4O4. The summed E-state index contributed by atoms with van der Waals surface area (Å²) in [6, 6.07) is 1.81. The number of carboxylic acids is 1. The number of aromatic nitrogens is 1. The first kappa shape index (κ1) is 12.9. The molecule has 2 rings (SSSR count). The molecule has 1 saturated heterocycles. The molecule has 0 bridgehead atoms. The van der Waals surface area contributed by atoms with Gasteiger partial charge >= 0.3 is 11.9 Å². The highest BCUT2D eigenvalue weighted by molar-refractivity contribution is 5.83. The highest BCUT2D eigenvalue weighted by Crippen LogP contribution is 2.23. The van der Waals surface area contributed by atoms with Gasteiger partial charge in [-0.25, -0.2) is 4.79 Å². The van der Waals surface area contributed by atoms with Crippen LogP contribution in [0, 0.1) is 11.3 Å². The van der Waals surface area contributed by atoms with Crippen molar-refractivity contribution in [2.24, 2.45) is 0 Å². The van der Waals surface area contributed by atoms with Crippen LogP contribution in [0.4, 0.5) is 5.88 Å². The van der Waals surface area contributed by atoms with E-state index in [1.54, 1.807) is 9.80 Å². The number of rotatable bonds is 2. The first-order valence-electron chi connectivity index (χ1n) is 5.67. The molecule has 0 saturated carbocycles. The maximum atomic E-state index is 11.2. The Bertz CT molecular complexity index is 552. The van der Waals surface area contributed by atoms with Crippen LogP contribution < -0.4 is 4.90 Å². The lowest BCUT2D eigenvalue weighted by atomic mass is 10.3. The number of hydrogen-bond acceptors (Lipinski definition) is 6. The highest BCUT2D eigenvalue weighted by atomic mass is 16.4. The molecule has 8 heteroatoms. The minimum Gasteiger partial charge on any atom is -0.474 e. The fourth-order valence-corrected chi connectivity index (χ4v) is 1.92. The fraction of sp³-hybridized carbons (Fsp3) is 0.455. The summed E-state index contributed by atoms with van der Waals surface area (Å²) in [7, 11) is 0. The van der Waals surface area contributed by atoms with Gasteiger partial charge in [0.2, 0.25) is 17.5 Å². The highest BCUT2D eigenvalue weighted by Gasteiger charge is 2.26. The normalized spacial score (nSPS) is 15.2. The van der Waals surface area contributed by atoms with Gasteiger partial charge in [-0.05, 0) is 0 Å². The molecule has 1 aliphatic heterocycles. The van der Waals surface area contributed by atoms with E-state index in [1.807, 2.05) is 6.07 Å². The summed E-state index contributed by atoms with van der Waals surface area (Å²) in [5.74, 6) is -1.67. The third kappa shape index (κ3) is 2.49. The maximum absolute atomic E-state index is 11.2. The molecule has 0 unspecified atom stereocenters. The number of anilines is 1. The van der Waals surface area contributed by atoms with E-state index in [9.17, 15) is 9.59 Å². The number of piperazine rings is 1. The fourth-order valence-electron chi connectivity index (χ4n) is 1.92. The molecule has 2 heterocycles. The summed E-state index contributed by atoms with van der Waals surface area (Å²) < 4.78 is 5.09. The lowest BCUT2D eigenvalue weighted by Gasteiger charge is -2.33. The van der Waals surface area contributed by atoms with Crippen LogP contribution in [0.15, 0.2) is 4.42 Å². The molecule has 1 fully saturated rings. The van der Waals surface area contributed by atoms with E-state index in [0.29, 0.717) is 26.2 Å². The van der Waals surface area contributed by atoms with Crippen LogP contribution in [0.2, 0.25) is 0 Å². The Morgan fingerprint density at radius 2 is 2.00 bits per heavy atom. The maximum Gasteiger partial charge on any atom is 0.392 e. The van der Waals surface area contributed by atoms with Crippen LogP contribution in [0.3, 0.4) is 0 Å². The van der Waals surface area contributed by atoms with Gasteiger partial charge in [0.05, 0.1) is 0 Å². The molecule has 0 aromatic carbocycles. The minimum atomic E-state index is -1.31. The van der Waals surface area contributed by atoms with Gasteiger partial charge in [0.15, 0.2) is 0 Å². The molecule has 0 radical (unpaired) electrons. The average Bonchev–Trinajstić information content (AvgIpc) is 2.83. The van der Waals surface area contributed by atoms with Crippen molar-refractivity contribution in [3.8, 4) is 6.07 Å². The Balaban J connectivity index is 2.17. The zero-order valence-corrected chi connectivity index (χ0v) is 10.3. The zero-order chi connectivity index (χ0) is 14.0. The van der Waals surface area contributed by atoms with Crippen molar-refractivity contribution in [3.05, 3.63) is 11.6 Å². The summed E-state index contributed by atoms with van der Waals surface area (Å²) in [5.41, 5.74) is -0.0475. The topological polar surface area (TPSA) is 111 Å². The number of carbonyl (C=O) groups is 2. The van der Waals surface area contributed by atoms with Crippen LogP contribution >= 0.6 is 0 Å². The van der Waals surface area contributed by atoms with Crippen molar-refractivity contribution in [1.29, 1.82) is 5.26 Å². The second-order valence-corrected chi connectivity index (χ2v) is 4.08. The van der Waals surface area contributed by atoms with Gasteiger partial charge < -0.3 is 19.3 Å². The Morgan fingerprint density at radius 3 is 2.47 bits per heavy atom. The van der Waals surface area contributed by atoms with E-state index >= 15 is 0 Å². The van der Waals surface area contributed by atoms with Crippen LogP contribution in [-0.2, 0) is 4.79 Å². The summed E-state index contributed by atoms with van der Waals surface area (Å²) in [6.45, 7) is 3.45. The van der Waals surface area contributed by atoms with Crippen LogP contribution in [-0.4, -0.2) is 53.0 Å². The predicted octanol–water partition coefficient (Wildman–Crippen LogP) is -0.0870. The van der Waals surface area contributed by atoms with Gasteiger partial charge in [-0.15, -0.1) is 0 Å². The van der Waals surface area contributed by atoms with E-state index in [4.69, 9.17) is 14.8 Å². The number of amides is 1. The van der Waals surface area contributed by atoms with Gasteiger partial charge in [-0.3, -0.25) is 4.79 Å². The Morgan fingerprint density at radius 1 is 1.37 bits per heavy atom. The number of aromatic carboxylic acids is 1. The summed E-state index contributed by atoms with van der Waals surface area (Å²) in [6.07, 6.45) is 0. The third-order valence-corrected chi connectivity index (χ3v) is 2.91. The average molecular weight is 264 g/mol. The number of carboxylic acid groups (broad SMARTS) is 1. The molecule has 100 valence electrons. The summed E-state index contributed by atoms with van der Waals surface area (Å²) in [4.78, 5) is 29.0. The predicted molar refractivity (Wildman–Crippen MR) is 62.6 cm³/mol. The lowest BCUT2D eigenvalue weighted by Crippen LogP contribution is -2.48. The largest absolute Gasteiger partial charge is 0.474 e. The van der Waals surface area contributed by atoms with Crippen molar-refractivity contribution < 1.29 is 19.1 Å². The first-order chi connectivity index (χ1) is 9.02. The molecule has 1 aliphatic rings. The summed E-state index contributed by atoms with van der Waals surface area (Å²) in [5, 5.41) is 17.7. The molecule has 1 aromatic rings. The van der Waals surface area contributed by atoms with Crippen LogP contribution in [0.25, 0.3) is 0 Å². The van der Waals surface area contributed by atoms with Crippen molar-refractivity contribution >= 4 is 17.8 Å². The molecule has 8 nitrogen and oxygen atoms in total. The molecule has 1 N–H and O–H groups in total. The number of nitriles is 1. The van der Waals surface area contributed by atoms with Crippen molar-refractivity contribution in [2.45, 2.75) is 6.92 Å². The standard InChI is InChI=1S/C11H12N4O4/c1-7(16)14-2-4-15(5-3-14)10-8(6-12)13-9(19-10)11(17)18/h2-5H2,1H3,(H,17,18). The van der Waals surface area contributed by atoms with Gasteiger partial charge in [0.1, 0.15) is 6.07 Å².